The first kappa shape index (κ1) is 13.4. The Morgan fingerprint density at radius 2 is 1.79 bits per heavy atom. The van der Waals surface area contributed by atoms with Crippen LogP contribution in [0.3, 0.4) is 0 Å². The van der Waals surface area contributed by atoms with Gasteiger partial charge in [0.15, 0.2) is 0 Å². The van der Waals surface area contributed by atoms with Gasteiger partial charge < -0.3 is 0 Å². The van der Waals surface area contributed by atoms with Crippen LogP contribution in [-0.2, 0) is 13.0 Å². The SMILES string of the molecule is C#CC(Cc1cccc(C)c1)NCc1ccccc1. The first-order valence-corrected chi connectivity index (χ1v) is 6.57. The second kappa shape index (κ2) is 6.78. The third kappa shape index (κ3) is 4.28. The second-order valence-electron chi connectivity index (χ2n) is 4.78. The minimum atomic E-state index is 0.0713. The zero-order valence-corrected chi connectivity index (χ0v) is 11.3. The molecule has 2 aromatic carbocycles. The summed E-state index contributed by atoms with van der Waals surface area (Å²) in [4.78, 5) is 0. The number of rotatable bonds is 5. The molecule has 1 atom stereocenters. The minimum Gasteiger partial charge on any atom is -0.299 e. The summed E-state index contributed by atoms with van der Waals surface area (Å²) in [5, 5.41) is 3.42. The van der Waals surface area contributed by atoms with E-state index in [1.54, 1.807) is 0 Å². The quantitative estimate of drug-likeness (QED) is 0.801. The molecular weight excluding hydrogens is 230 g/mol. The first-order valence-electron chi connectivity index (χ1n) is 6.57. The predicted octanol–water partition coefficient (Wildman–Crippen LogP) is 3.33. The van der Waals surface area contributed by atoms with Crippen molar-refractivity contribution in [3.05, 3.63) is 71.3 Å². The highest BCUT2D eigenvalue weighted by atomic mass is 14.9. The molecule has 2 aromatic rings. The Balaban J connectivity index is 1.92. The highest BCUT2D eigenvalue weighted by Gasteiger charge is 2.05. The number of nitrogens with one attached hydrogen (secondary N) is 1. The fraction of sp³-hybridized carbons (Fsp3) is 0.222. The molecule has 0 aromatic heterocycles. The molecule has 0 saturated carbocycles. The third-order valence-electron chi connectivity index (χ3n) is 3.12. The Bertz CT molecular complexity index is 551. The van der Waals surface area contributed by atoms with Crippen molar-refractivity contribution < 1.29 is 0 Å². The summed E-state index contributed by atoms with van der Waals surface area (Å²) >= 11 is 0. The normalized spacial score (nSPS) is 11.8. The van der Waals surface area contributed by atoms with E-state index in [0.29, 0.717) is 0 Å². The Morgan fingerprint density at radius 1 is 1.05 bits per heavy atom. The van der Waals surface area contributed by atoms with Crippen LogP contribution >= 0.6 is 0 Å². The van der Waals surface area contributed by atoms with Crippen LogP contribution in [0, 0.1) is 19.3 Å². The summed E-state index contributed by atoms with van der Waals surface area (Å²) in [6.45, 7) is 2.91. The lowest BCUT2D eigenvalue weighted by Gasteiger charge is -2.13. The van der Waals surface area contributed by atoms with Crippen molar-refractivity contribution in [3.8, 4) is 12.3 Å². The monoisotopic (exact) mass is 249 g/mol. The number of benzene rings is 2. The third-order valence-corrected chi connectivity index (χ3v) is 3.12. The topological polar surface area (TPSA) is 12.0 Å². The van der Waals surface area contributed by atoms with Crippen molar-refractivity contribution in [2.24, 2.45) is 0 Å². The van der Waals surface area contributed by atoms with Crippen LogP contribution in [-0.4, -0.2) is 6.04 Å². The molecule has 1 N–H and O–H groups in total. The molecule has 0 saturated heterocycles. The summed E-state index contributed by atoms with van der Waals surface area (Å²) in [6, 6.07) is 18.9. The molecule has 0 aliphatic rings. The fourth-order valence-electron chi connectivity index (χ4n) is 2.10. The van der Waals surface area contributed by atoms with Gasteiger partial charge in [-0.05, 0) is 24.5 Å². The Kier molecular flexibility index (Phi) is 4.78. The molecule has 0 fully saturated rings. The molecule has 0 heterocycles. The van der Waals surface area contributed by atoms with Crippen molar-refractivity contribution in [1.29, 1.82) is 0 Å². The van der Waals surface area contributed by atoms with Gasteiger partial charge >= 0.3 is 0 Å². The van der Waals surface area contributed by atoms with E-state index in [-0.39, 0.29) is 6.04 Å². The van der Waals surface area contributed by atoms with Crippen LogP contribution in [0.25, 0.3) is 0 Å². The van der Waals surface area contributed by atoms with Gasteiger partial charge in [0, 0.05) is 6.54 Å². The fourth-order valence-corrected chi connectivity index (χ4v) is 2.10. The average Bonchev–Trinajstić information content (AvgIpc) is 2.44. The van der Waals surface area contributed by atoms with Gasteiger partial charge in [0.1, 0.15) is 0 Å². The van der Waals surface area contributed by atoms with Crippen LogP contribution in [0.5, 0.6) is 0 Å². The standard InChI is InChI=1S/C18H19N/c1-3-18(13-17-11-7-8-15(2)12-17)19-14-16-9-5-4-6-10-16/h1,4-12,18-19H,13-14H2,2H3. The summed E-state index contributed by atoms with van der Waals surface area (Å²) < 4.78 is 0. The van der Waals surface area contributed by atoms with Crippen LogP contribution in [0.4, 0.5) is 0 Å². The molecule has 1 unspecified atom stereocenters. The largest absolute Gasteiger partial charge is 0.299 e. The van der Waals surface area contributed by atoms with Crippen molar-refractivity contribution >= 4 is 0 Å². The van der Waals surface area contributed by atoms with E-state index < -0.39 is 0 Å². The van der Waals surface area contributed by atoms with E-state index in [1.165, 1.54) is 16.7 Å². The average molecular weight is 249 g/mol. The van der Waals surface area contributed by atoms with Crippen molar-refractivity contribution in [2.75, 3.05) is 0 Å². The lowest BCUT2D eigenvalue weighted by molar-refractivity contribution is 0.604. The summed E-state index contributed by atoms with van der Waals surface area (Å²) in [5.74, 6) is 2.83. The molecule has 96 valence electrons. The highest BCUT2D eigenvalue weighted by Crippen LogP contribution is 2.07. The van der Waals surface area contributed by atoms with Crippen LogP contribution in [0.1, 0.15) is 16.7 Å². The Hall–Kier alpha value is -2.04. The van der Waals surface area contributed by atoms with E-state index in [0.717, 1.165) is 13.0 Å². The molecule has 0 amide bonds. The highest BCUT2D eigenvalue weighted by molar-refractivity contribution is 5.24. The first-order chi connectivity index (χ1) is 9.28. The van der Waals surface area contributed by atoms with Gasteiger partial charge in [0.05, 0.1) is 6.04 Å². The van der Waals surface area contributed by atoms with Gasteiger partial charge in [-0.15, -0.1) is 6.42 Å². The summed E-state index contributed by atoms with van der Waals surface area (Å²) in [6.07, 6.45) is 6.48. The van der Waals surface area contributed by atoms with E-state index in [1.807, 2.05) is 18.2 Å². The van der Waals surface area contributed by atoms with Gasteiger partial charge in [-0.3, -0.25) is 5.32 Å². The Morgan fingerprint density at radius 3 is 2.47 bits per heavy atom. The predicted molar refractivity (Wildman–Crippen MR) is 80.8 cm³/mol. The zero-order valence-electron chi connectivity index (χ0n) is 11.3. The van der Waals surface area contributed by atoms with E-state index >= 15 is 0 Å². The van der Waals surface area contributed by atoms with Crippen LogP contribution < -0.4 is 5.32 Å². The lowest BCUT2D eigenvalue weighted by Crippen LogP contribution is -2.29. The van der Waals surface area contributed by atoms with Crippen LogP contribution in [0.2, 0.25) is 0 Å². The molecule has 0 aliphatic carbocycles. The number of hydrogen-bond acceptors (Lipinski definition) is 1. The van der Waals surface area contributed by atoms with Gasteiger partial charge in [-0.25, -0.2) is 0 Å². The van der Waals surface area contributed by atoms with E-state index in [9.17, 15) is 0 Å². The van der Waals surface area contributed by atoms with Gasteiger partial charge in [0.25, 0.3) is 0 Å². The molecule has 0 bridgehead atoms. The molecule has 2 rings (SSSR count). The Labute approximate surface area is 115 Å². The summed E-state index contributed by atoms with van der Waals surface area (Å²) in [7, 11) is 0. The smallest absolute Gasteiger partial charge is 0.0730 e. The van der Waals surface area contributed by atoms with Crippen molar-refractivity contribution in [2.45, 2.75) is 25.9 Å². The number of aryl methyl sites for hydroxylation is 1. The van der Waals surface area contributed by atoms with Gasteiger partial charge in [0.2, 0.25) is 0 Å². The maximum absolute atomic E-state index is 5.61. The van der Waals surface area contributed by atoms with Crippen molar-refractivity contribution in [3.63, 3.8) is 0 Å². The lowest BCUT2D eigenvalue weighted by atomic mass is 10.0. The molecule has 0 spiro atoms. The van der Waals surface area contributed by atoms with E-state index in [2.05, 4.69) is 54.6 Å². The van der Waals surface area contributed by atoms with Gasteiger partial charge in [-0.2, -0.15) is 0 Å². The maximum atomic E-state index is 5.61. The van der Waals surface area contributed by atoms with Crippen LogP contribution in [0.15, 0.2) is 54.6 Å². The summed E-state index contributed by atoms with van der Waals surface area (Å²) in [5.41, 5.74) is 3.81. The zero-order chi connectivity index (χ0) is 13.5. The van der Waals surface area contributed by atoms with E-state index in [4.69, 9.17) is 6.42 Å². The minimum absolute atomic E-state index is 0.0713. The number of terminal acetylenes is 1. The molecule has 0 aliphatic heterocycles. The molecule has 19 heavy (non-hydrogen) atoms. The van der Waals surface area contributed by atoms with Gasteiger partial charge in [-0.1, -0.05) is 66.1 Å². The molecule has 0 radical (unpaired) electrons. The molecule has 1 heteroatoms. The number of hydrogen-bond donors (Lipinski definition) is 1. The van der Waals surface area contributed by atoms with Crippen molar-refractivity contribution in [1.82, 2.24) is 5.32 Å². The second-order valence-corrected chi connectivity index (χ2v) is 4.78. The maximum Gasteiger partial charge on any atom is 0.0730 e. The molecule has 1 nitrogen and oxygen atoms in total. The molecular formula is C18H19N.